The van der Waals surface area contributed by atoms with E-state index in [0.717, 1.165) is 12.8 Å². The van der Waals surface area contributed by atoms with Crippen molar-refractivity contribution in [3.63, 3.8) is 0 Å². The monoisotopic (exact) mass is 662 g/mol. The normalized spacial score (nSPS) is 20.1. The Kier molecular flexibility index (Phi) is 9.38. The first-order valence-electron chi connectivity index (χ1n) is 16.0. The molecule has 6 rings (SSSR count). The van der Waals surface area contributed by atoms with Crippen LogP contribution in [0, 0.1) is 23.1 Å². The Morgan fingerprint density at radius 2 is 1.81 bits per heavy atom. The average molecular weight is 663 g/mol. The molecule has 2 saturated carbocycles. The minimum absolute atomic E-state index is 0.0141. The fourth-order valence-electron chi connectivity index (χ4n) is 6.80. The maximum absolute atomic E-state index is 15.3. The number of aromatic nitrogens is 1. The van der Waals surface area contributed by atoms with E-state index in [1.165, 1.54) is 40.3 Å². The molecular formula is C36H34ClF3N4O3. The predicted octanol–water partition coefficient (Wildman–Crippen LogP) is 8.07. The number of carbonyl (C=O) groups excluding carboxylic acids is 3. The Labute approximate surface area is 276 Å². The van der Waals surface area contributed by atoms with Crippen molar-refractivity contribution in [1.29, 1.82) is 5.26 Å². The number of anilines is 2. The molecular weight excluding hydrogens is 629 g/mol. The van der Waals surface area contributed by atoms with Gasteiger partial charge in [-0.3, -0.25) is 24.2 Å². The first-order chi connectivity index (χ1) is 22.5. The van der Waals surface area contributed by atoms with Crippen molar-refractivity contribution < 1.29 is 27.6 Å². The quantitative estimate of drug-likeness (QED) is 0.219. The summed E-state index contributed by atoms with van der Waals surface area (Å²) in [5.74, 6) is -4.47. The van der Waals surface area contributed by atoms with E-state index < -0.39 is 29.7 Å². The number of hydrogen-bond donors (Lipinski definition) is 0. The minimum atomic E-state index is -2.70. The number of halogens is 4. The molecule has 3 aromatic rings. The summed E-state index contributed by atoms with van der Waals surface area (Å²) in [5.41, 5.74) is 1.45. The molecule has 2 heterocycles. The van der Waals surface area contributed by atoms with Crippen LogP contribution in [0.15, 0.2) is 60.8 Å². The Morgan fingerprint density at radius 1 is 1.06 bits per heavy atom. The number of ketones is 1. The third kappa shape index (κ3) is 7.20. The number of benzene rings is 2. The van der Waals surface area contributed by atoms with Crippen LogP contribution in [0.3, 0.4) is 0 Å². The number of hydrogen-bond acceptors (Lipinski definition) is 5. The summed E-state index contributed by atoms with van der Waals surface area (Å²) in [6.45, 7) is 0. The van der Waals surface area contributed by atoms with Gasteiger partial charge in [0.15, 0.2) is 5.78 Å². The molecule has 3 fully saturated rings. The van der Waals surface area contributed by atoms with Gasteiger partial charge in [0, 0.05) is 48.2 Å². The van der Waals surface area contributed by atoms with Crippen LogP contribution in [-0.2, 0) is 14.4 Å². The molecule has 0 bridgehead atoms. The zero-order valence-electron chi connectivity index (χ0n) is 25.7. The van der Waals surface area contributed by atoms with E-state index in [0.29, 0.717) is 30.4 Å². The van der Waals surface area contributed by atoms with Gasteiger partial charge in [-0.05, 0) is 92.3 Å². The van der Waals surface area contributed by atoms with Gasteiger partial charge in [0.05, 0.1) is 11.6 Å². The Morgan fingerprint density at radius 3 is 2.51 bits per heavy atom. The molecule has 1 saturated heterocycles. The highest BCUT2D eigenvalue weighted by Gasteiger charge is 2.45. The first kappa shape index (κ1) is 32.7. The van der Waals surface area contributed by atoms with Crippen molar-refractivity contribution in [2.24, 2.45) is 5.92 Å². The third-order valence-corrected chi connectivity index (χ3v) is 9.83. The lowest BCUT2D eigenvalue weighted by Crippen LogP contribution is -2.50. The largest absolute Gasteiger partial charge is 0.297 e. The van der Waals surface area contributed by atoms with Gasteiger partial charge in [0.1, 0.15) is 23.7 Å². The van der Waals surface area contributed by atoms with Gasteiger partial charge in [-0.2, -0.15) is 5.26 Å². The summed E-state index contributed by atoms with van der Waals surface area (Å²) in [6.07, 6.45) is 3.72. The first-order valence-corrected chi connectivity index (χ1v) is 16.4. The van der Waals surface area contributed by atoms with E-state index in [-0.39, 0.29) is 77.7 Å². The van der Waals surface area contributed by atoms with Crippen LogP contribution in [0.2, 0.25) is 5.02 Å². The molecule has 2 atom stereocenters. The summed E-state index contributed by atoms with van der Waals surface area (Å²) in [7, 11) is 0. The van der Waals surface area contributed by atoms with Crippen molar-refractivity contribution in [1.82, 2.24) is 4.98 Å². The standard InChI is InChI=1S/C36H34ClF3N4O3/c37-29-4-2-1-3-28(29)34(31(45)9-5-22-11-14-36(39,40)15-12-22)43(27-19-25(24-6-7-24)18-26(38)20-27)35(47)30-8-10-33(46)44(30)32-17-23(21-41)13-16-42-32/h1-4,13,16-20,22,24,30,34H,5-12,14-15H2/t30-,34-/m0/s1. The van der Waals surface area contributed by atoms with Crippen LogP contribution in [0.25, 0.3) is 0 Å². The predicted molar refractivity (Wildman–Crippen MR) is 171 cm³/mol. The number of alkyl halides is 2. The summed E-state index contributed by atoms with van der Waals surface area (Å²) >= 11 is 6.69. The number of Topliss-reactive ketones (excluding diaryl/α,β-unsaturated/α-hetero) is 1. The number of nitrogens with zero attached hydrogens (tertiary/aromatic N) is 4. The average Bonchev–Trinajstić information content (AvgIpc) is 3.84. The van der Waals surface area contributed by atoms with Crippen LogP contribution in [0.1, 0.15) is 92.9 Å². The van der Waals surface area contributed by atoms with Crippen molar-refractivity contribution in [2.45, 2.75) is 88.1 Å². The van der Waals surface area contributed by atoms with Gasteiger partial charge in [-0.1, -0.05) is 29.8 Å². The molecule has 244 valence electrons. The number of carbonyl (C=O) groups is 3. The summed E-state index contributed by atoms with van der Waals surface area (Å²) in [5, 5.41) is 9.69. The van der Waals surface area contributed by atoms with E-state index in [9.17, 15) is 28.4 Å². The lowest BCUT2D eigenvalue weighted by atomic mass is 9.82. The van der Waals surface area contributed by atoms with E-state index >= 15 is 4.39 Å². The maximum atomic E-state index is 15.3. The Bertz CT molecular complexity index is 1730. The van der Waals surface area contributed by atoms with Gasteiger partial charge in [-0.25, -0.2) is 18.2 Å². The second kappa shape index (κ2) is 13.5. The molecule has 3 aliphatic rings. The SMILES string of the molecule is N#Cc1ccnc(N2C(=O)CC[C@H]2C(=O)N(c2cc(F)cc(C3CC3)c2)[C@H](C(=O)CCC2CCC(F)(F)CC2)c2ccccc2Cl)c1. The summed E-state index contributed by atoms with van der Waals surface area (Å²) in [6, 6.07) is 13.5. The van der Waals surface area contributed by atoms with E-state index in [1.807, 2.05) is 6.07 Å². The van der Waals surface area contributed by atoms with Crippen LogP contribution in [0.5, 0.6) is 0 Å². The molecule has 1 aromatic heterocycles. The van der Waals surface area contributed by atoms with Crippen LogP contribution in [0.4, 0.5) is 24.7 Å². The smallest absolute Gasteiger partial charge is 0.251 e. The topological polar surface area (TPSA) is 94.4 Å². The Balaban J connectivity index is 1.42. The van der Waals surface area contributed by atoms with Crippen LogP contribution in [-0.4, -0.2) is 34.5 Å². The van der Waals surface area contributed by atoms with Gasteiger partial charge >= 0.3 is 0 Å². The second-order valence-corrected chi connectivity index (χ2v) is 13.2. The van der Waals surface area contributed by atoms with E-state index in [1.54, 1.807) is 30.3 Å². The highest BCUT2D eigenvalue weighted by Crippen LogP contribution is 2.44. The second-order valence-electron chi connectivity index (χ2n) is 12.8. The van der Waals surface area contributed by atoms with Gasteiger partial charge in [-0.15, -0.1) is 0 Å². The van der Waals surface area contributed by atoms with Crippen LogP contribution < -0.4 is 9.80 Å². The van der Waals surface area contributed by atoms with Gasteiger partial charge in [0.25, 0.3) is 5.91 Å². The fourth-order valence-corrected chi connectivity index (χ4v) is 7.04. The maximum Gasteiger partial charge on any atom is 0.251 e. The lowest BCUT2D eigenvalue weighted by Gasteiger charge is -2.36. The molecule has 0 radical (unpaired) electrons. The molecule has 2 aliphatic carbocycles. The van der Waals surface area contributed by atoms with Crippen molar-refractivity contribution >= 4 is 40.7 Å². The Hall–Kier alpha value is -4.23. The molecule has 2 amide bonds. The summed E-state index contributed by atoms with van der Waals surface area (Å²) in [4.78, 5) is 49.3. The number of pyridine rings is 1. The van der Waals surface area contributed by atoms with Crippen molar-refractivity contribution in [3.8, 4) is 6.07 Å². The lowest BCUT2D eigenvalue weighted by molar-refractivity contribution is -0.126. The van der Waals surface area contributed by atoms with E-state index in [2.05, 4.69) is 4.98 Å². The summed E-state index contributed by atoms with van der Waals surface area (Å²) < 4.78 is 43.0. The molecule has 0 spiro atoms. The third-order valence-electron chi connectivity index (χ3n) is 9.49. The van der Waals surface area contributed by atoms with Gasteiger partial charge < -0.3 is 0 Å². The molecule has 7 nitrogen and oxygen atoms in total. The fraction of sp³-hybridized carbons (Fsp3) is 0.417. The number of nitriles is 1. The molecule has 0 N–H and O–H groups in total. The van der Waals surface area contributed by atoms with E-state index in [4.69, 9.17) is 11.6 Å². The number of amides is 2. The van der Waals surface area contributed by atoms with Crippen molar-refractivity contribution in [2.75, 3.05) is 9.80 Å². The van der Waals surface area contributed by atoms with Crippen LogP contribution >= 0.6 is 11.6 Å². The molecule has 11 heteroatoms. The van der Waals surface area contributed by atoms with Crippen molar-refractivity contribution in [3.05, 3.63) is 88.3 Å². The number of rotatable bonds is 10. The zero-order chi connectivity index (χ0) is 33.3. The highest BCUT2D eigenvalue weighted by molar-refractivity contribution is 6.31. The molecule has 0 unspecified atom stereocenters. The molecule has 47 heavy (non-hydrogen) atoms. The zero-order valence-corrected chi connectivity index (χ0v) is 26.4. The molecule has 2 aromatic carbocycles. The highest BCUT2D eigenvalue weighted by atomic mass is 35.5. The minimum Gasteiger partial charge on any atom is -0.297 e. The van der Waals surface area contributed by atoms with Gasteiger partial charge in [0.2, 0.25) is 11.8 Å². The molecule has 1 aliphatic heterocycles.